The fraction of sp³-hybridized carbons (Fsp3) is 0.0714. The van der Waals surface area contributed by atoms with Crippen molar-refractivity contribution in [3.05, 3.63) is 65.8 Å². The van der Waals surface area contributed by atoms with E-state index in [1.807, 2.05) is 18.2 Å². The number of aliphatic hydroxyl groups is 1. The summed E-state index contributed by atoms with van der Waals surface area (Å²) in [7, 11) is 0. The normalized spacial score (nSPS) is 11.5. The SMILES string of the molecule is O=C(C=C(O)c1nc[nH]n1)c1cc(Cc2ccccn2)n[nH]1. The van der Waals surface area contributed by atoms with Crippen LogP contribution in [0.25, 0.3) is 5.76 Å². The van der Waals surface area contributed by atoms with Crippen molar-refractivity contribution in [3.8, 4) is 0 Å². The molecule has 0 fully saturated rings. The minimum Gasteiger partial charge on any atom is -0.504 e. The summed E-state index contributed by atoms with van der Waals surface area (Å²) in [6, 6.07) is 7.22. The van der Waals surface area contributed by atoms with Crippen molar-refractivity contribution in [2.45, 2.75) is 6.42 Å². The van der Waals surface area contributed by atoms with Crippen LogP contribution in [0.5, 0.6) is 0 Å². The lowest BCUT2D eigenvalue weighted by Crippen LogP contribution is -1.98. The first-order chi connectivity index (χ1) is 10.7. The highest BCUT2D eigenvalue weighted by molar-refractivity contribution is 6.06. The zero-order valence-electron chi connectivity index (χ0n) is 11.4. The first-order valence-electron chi connectivity index (χ1n) is 6.47. The van der Waals surface area contributed by atoms with E-state index in [9.17, 15) is 9.90 Å². The summed E-state index contributed by atoms with van der Waals surface area (Å²) >= 11 is 0. The van der Waals surface area contributed by atoms with Crippen molar-refractivity contribution < 1.29 is 9.90 Å². The lowest BCUT2D eigenvalue weighted by molar-refractivity contribution is 0.104. The summed E-state index contributed by atoms with van der Waals surface area (Å²) < 4.78 is 0. The number of allylic oxidation sites excluding steroid dienone is 1. The molecule has 3 aromatic rings. The number of carbonyl (C=O) groups is 1. The van der Waals surface area contributed by atoms with E-state index in [1.165, 1.54) is 6.33 Å². The van der Waals surface area contributed by atoms with Crippen LogP contribution in [0.3, 0.4) is 0 Å². The Bertz CT molecular complexity index is 792. The van der Waals surface area contributed by atoms with Crippen LogP contribution in [0.4, 0.5) is 0 Å². The number of rotatable bonds is 5. The smallest absolute Gasteiger partial charge is 0.215 e. The van der Waals surface area contributed by atoms with Gasteiger partial charge >= 0.3 is 0 Å². The van der Waals surface area contributed by atoms with Crippen molar-refractivity contribution in [3.63, 3.8) is 0 Å². The molecule has 8 heteroatoms. The number of hydrogen-bond acceptors (Lipinski definition) is 6. The Hall–Kier alpha value is -3.29. The molecule has 0 amide bonds. The number of carbonyl (C=O) groups excluding carboxylic acids is 1. The van der Waals surface area contributed by atoms with Gasteiger partial charge in [-0.05, 0) is 18.2 Å². The molecule has 110 valence electrons. The molecule has 3 rings (SSSR count). The Morgan fingerprint density at radius 1 is 1.23 bits per heavy atom. The van der Waals surface area contributed by atoms with Gasteiger partial charge < -0.3 is 5.11 Å². The monoisotopic (exact) mass is 296 g/mol. The van der Waals surface area contributed by atoms with Crippen molar-refractivity contribution in [1.29, 1.82) is 0 Å². The minimum atomic E-state index is -0.415. The predicted octanol–water partition coefficient (Wildman–Crippen LogP) is 1.30. The van der Waals surface area contributed by atoms with E-state index in [-0.39, 0.29) is 17.3 Å². The third-order valence-electron chi connectivity index (χ3n) is 2.90. The molecule has 0 aliphatic rings. The first kappa shape index (κ1) is 13.7. The standard InChI is InChI=1S/C14H12N6O2/c21-12(7-13(22)14-16-8-17-20-14)11-6-10(18-19-11)5-9-3-1-2-4-15-9/h1-4,6-8,22H,5H2,(H,18,19)(H,16,17,20). The number of hydrogen-bond donors (Lipinski definition) is 3. The third kappa shape index (κ3) is 3.06. The number of aromatic amines is 2. The zero-order chi connectivity index (χ0) is 15.4. The van der Waals surface area contributed by atoms with Crippen LogP contribution < -0.4 is 0 Å². The molecular weight excluding hydrogens is 284 g/mol. The average Bonchev–Trinajstić information content (AvgIpc) is 3.19. The molecule has 22 heavy (non-hydrogen) atoms. The molecule has 0 radical (unpaired) electrons. The Morgan fingerprint density at radius 3 is 2.86 bits per heavy atom. The predicted molar refractivity (Wildman–Crippen MR) is 76.9 cm³/mol. The highest BCUT2D eigenvalue weighted by Crippen LogP contribution is 2.10. The van der Waals surface area contributed by atoms with Gasteiger partial charge in [0, 0.05) is 24.4 Å². The summed E-state index contributed by atoms with van der Waals surface area (Å²) in [6.07, 6.45) is 4.57. The van der Waals surface area contributed by atoms with E-state index < -0.39 is 5.78 Å². The molecule has 0 aliphatic heterocycles. The molecule has 3 aromatic heterocycles. The molecule has 0 aliphatic carbocycles. The third-order valence-corrected chi connectivity index (χ3v) is 2.90. The Labute approximate surface area is 125 Å². The van der Waals surface area contributed by atoms with Crippen LogP contribution in [-0.4, -0.2) is 41.3 Å². The molecule has 0 aromatic carbocycles. The van der Waals surface area contributed by atoms with Crippen LogP contribution in [0.2, 0.25) is 0 Å². The van der Waals surface area contributed by atoms with E-state index in [4.69, 9.17) is 0 Å². The summed E-state index contributed by atoms with van der Waals surface area (Å²) in [4.78, 5) is 20.0. The molecule has 0 spiro atoms. The van der Waals surface area contributed by atoms with Crippen LogP contribution >= 0.6 is 0 Å². The number of ketones is 1. The molecule has 8 nitrogen and oxygen atoms in total. The Kier molecular flexibility index (Phi) is 3.73. The van der Waals surface area contributed by atoms with Crippen molar-refractivity contribution in [2.24, 2.45) is 0 Å². The van der Waals surface area contributed by atoms with Gasteiger partial charge in [0.2, 0.25) is 11.6 Å². The number of aliphatic hydroxyl groups excluding tert-OH is 1. The summed E-state index contributed by atoms with van der Waals surface area (Å²) in [5.41, 5.74) is 1.81. The van der Waals surface area contributed by atoms with Gasteiger partial charge in [-0.25, -0.2) is 4.98 Å². The zero-order valence-corrected chi connectivity index (χ0v) is 11.4. The van der Waals surface area contributed by atoms with Gasteiger partial charge in [0.1, 0.15) is 12.0 Å². The van der Waals surface area contributed by atoms with E-state index in [1.54, 1.807) is 12.3 Å². The Morgan fingerprint density at radius 2 is 2.14 bits per heavy atom. The average molecular weight is 296 g/mol. The highest BCUT2D eigenvalue weighted by Gasteiger charge is 2.12. The van der Waals surface area contributed by atoms with Crippen LogP contribution in [0.15, 0.2) is 42.9 Å². The van der Waals surface area contributed by atoms with Crippen molar-refractivity contribution in [1.82, 2.24) is 30.4 Å². The van der Waals surface area contributed by atoms with Gasteiger partial charge in [-0.15, -0.1) is 0 Å². The largest absolute Gasteiger partial charge is 0.504 e. The van der Waals surface area contributed by atoms with Gasteiger partial charge in [-0.2, -0.15) is 10.2 Å². The fourth-order valence-corrected chi connectivity index (χ4v) is 1.87. The van der Waals surface area contributed by atoms with Crippen molar-refractivity contribution in [2.75, 3.05) is 0 Å². The molecule has 3 N–H and O–H groups in total. The maximum Gasteiger partial charge on any atom is 0.215 e. The summed E-state index contributed by atoms with van der Waals surface area (Å²) in [6.45, 7) is 0. The van der Waals surface area contributed by atoms with Gasteiger partial charge in [-0.3, -0.25) is 20.0 Å². The molecule has 0 atom stereocenters. The molecule has 0 saturated heterocycles. The van der Waals surface area contributed by atoms with Crippen LogP contribution in [0.1, 0.15) is 27.7 Å². The second-order valence-electron chi connectivity index (χ2n) is 4.49. The van der Waals surface area contributed by atoms with Gasteiger partial charge in [-0.1, -0.05) is 6.07 Å². The maximum atomic E-state index is 12.0. The lowest BCUT2D eigenvalue weighted by atomic mass is 10.2. The number of H-pyrrole nitrogens is 2. The second-order valence-corrected chi connectivity index (χ2v) is 4.49. The van der Waals surface area contributed by atoms with Gasteiger partial charge in [0.25, 0.3) is 0 Å². The Balaban J connectivity index is 1.73. The van der Waals surface area contributed by atoms with Crippen LogP contribution in [-0.2, 0) is 6.42 Å². The molecule has 0 bridgehead atoms. The molecule has 0 saturated carbocycles. The van der Waals surface area contributed by atoms with Crippen LogP contribution in [0, 0.1) is 0 Å². The van der Waals surface area contributed by atoms with Crippen molar-refractivity contribution >= 4 is 11.5 Å². The minimum absolute atomic E-state index is 0.0570. The van der Waals surface area contributed by atoms with E-state index in [2.05, 4.69) is 30.4 Å². The number of pyridine rings is 1. The van der Waals surface area contributed by atoms with Gasteiger partial charge in [0.15, 0.2) is 5.76 Å². The second kappa shape index (κ2) is 6.00. The fourth-order valence-electron chi connectivity index (χ4n) is 1.87. The molecule has 3 heterocycles. The number of nitrogens with zero attached hydrogens (tertiary/aromatic N) is 4. The number of aromatic nitrogens is 6. The lowest BCUT2D eigenvalue weighted by Gasteiger charge is -1.94. The number of nitrogens with one attached hydrogen (secondary N) is 2. The molecule has 0 unspecified atom stereocenters. The van der Waals surface area contributed by atoms with E-state index in [0.29, 0.717) is 12.1 Å². The quantitative estimate of drug-likeness (QED) is 0.371. The highest BCUT2D eigenvalue weighted by atomic mass is 16.3. The first-order valence-corrected chi connectivity index (χ1v) is 6.47. The van der Waals surface area contributed by atoms with E-state index in [0.717, 1.165) is 11.8 Å². The summed E-state index contributed by atoms with van der Waals surface area (Å²) in [5, 5.41) is 22.6. The maximum absolute atomic E-state index is 12.0. The van der Waals surface area contributed by atoms with E-state index >= 15 is 0 Å². The summed E-state index contributed by atoms with van der Waals surface area (Å²) in [5.74, 6) is -0.671. The van der Waals surface area contributed by atoms with Gasteiger partial charge in [0.05, 0.1) is 5.69 Å². The topological polar surface area (TPSA) is 120 Å². The molecular formula is C14H12N6O2.